The molecule has 0 saturated carbocycles. The van der Waals surface area contributed by atoms with Gasteiger partial charge < -0.3 is 14.2 Å². The highest BCUT2D eigenvalue weighted by molar-refractivity contribution is 5.95. The van der Waals surface area contributed by atoms with Crippen molar-refractivity contribution in [3.8, 4) is 0 Å². The lowest BCUT2D eigenvalue weighted by molar-refractivity contribution is 0.0717. The summed E-state index contributed by atoms with van der Waals surface area (Å²) in [6.07, 6.45) is 5.12. The number of carbonyl (C=O) groups excluding carboxylic acids is 1. The molecule has 0 atom stereocenters. The Morgan fingerprint density at radius 3 is 2.64 bits per heavy atom. The zero-order valence-electron chi connectivity index (χ0n) is 14.4. The molecular formula is C20H21N3O2. The molecule has 128 valence electrons. The third kappa shape index (κ3) is 4.26. The molecule has 2 aromatic heterocycles. The molecule has 0 saturated heterocycles. The van der Waals surface area contributed by atoms with E-state index in [0.29, 0.717) is 18.7 Å². The van der Waals surface area contributed by atoms with Gasteiger partial charge in [0.15, 0.2) is 0 Å². The summed E-state index contributed by atoms with van der Waals surface area (Å²) in [5.74, 6) is 0.713. The number of benzene rings is 1. The molecule has 5 heteroatoms. The lowest BCUT2D eigenvalue weighted by Gasteiger charge is -2.22. The van der Waals surface area contributed by atoms with Gasteiger partial charge in [-0.2, -0.15) is 0 Å². The fourth-order valence-electron chi connectivity index (χ4n) is 2.60. The Balaban J connectivity index is 1.87. The van der Waals surface area contributed by atoms with Crippen LogP contribution in [0.2, 0.25) is 0 Å². The fourth-order valence-corrected chi connectivity index (χ4v) is 2.60. The third-order valence-electron chi connectivity index (χ3n) is 3.92. The summed E-state index contributed by atoms with van der Waals surface area (Å²) in [6, 6.07) is 15.2. The van der Waals surface area contributed by atoms with E-state index in [-0.39, 0.29) is 5.91 Å². The van der Waals surface area contributed by atoms with E-state index in [0.717, 1.165) is 17.0 Å². The molecule has 3 aromatic rings. The Morgan fingerprint density at radius 2 is 1.96 bits per heavy atom. The van der Waals surface area contributed by atoms with Gasteiger partial charge in [0.1, 0.15) is 5.76 Å². The first-order valence-corrected chi connectivity index (χ1v) is 8.11. The SMILES string of the molecule is CN(C)c1cccc(C(=O)N(Cc2cccnc2)Cc2ccco2)c1. The van der Waals surface area contributed by atoms with E-state index in [1.54, 1.807) is 23.6 Å². The van der Waals surface area contributed by atoms with E-state index in [2.05, 4.69) is 4.98 Å². The molecule has 0 unspecified atom stereocenters. The molecule has 2 heterocycles. The maximum absolute atomic E-state index is 13.1. The van der Waals surface area contributed by atoms with Crippen LogP contribution in [-0.2, 0) is 13.1 Å². The highest BCUT2D eigenvalue weighted by atomic mass is 16.3. The quantitative estimate of drug-likeness (QED) is 0.691. The molecule has 0 bridgehead atoms. The number of nitrogens with zero attached hydrogens (tertiary/aromatic N) is 3. The molecule has 25 heavy (non-hydrogen) atoms. The molecule has 3 rings (SSSR count). The second kappa shape index (κ2) is 7.66. The van der Waals surface area contributed by atoms with Gasteiger partial charge in [0.05, 0.1) is 12.8 Å². The van der Waals surface area contributed by atoms with Gasteiger partial charge in [-0.25, -0.2) is 0 Å². The summed E-state index contributed by atoms with van der Waals surface area (Å²) in [6.45, 7) is 0.881. The molecule has 0 aliphatic heterocycles. The van der Waals surface area contributed by atoms with Crippen LogP contribution < -0.4 is 4.90 Å². The predicted octanol–water partition coefficient (Wildman–Crippen LogP) is 3.58. The first-order valence-electron chi connectivity index (χ1n) is 8.11. The average molecular weight is 335 g/mol. The smallest absolute Gasteiger partial charge is 0.254 e. The number of hydrogen-bond donors (Lipinski definition) is 0. The Labute approximate surface area is 147 Å². The van der Waals surface area contributed by atoms with E-state index in [4.69, 9.17) is 4.42 Å². The standard InChI is InChI=1S/C20H21N3O2/c1-22(2)18-8-3-7-17(12-18)20(24)23(15-19-9-5-11-25-19)14-16-6-4-10-21-13-16/h3-13H,14-15H2,1-2H3. The number of amides is 1. The Kier molecular flexibility index (Phi) is 5.14. The number of hydrogen-bond acceptors (Lipinski definition) is 4. The van der Waals surface area contributed by atoms with Crippen LogP contribution in [0.5, 0.6) is 0 Å². The number of rotatable bonds is 6. The van der Waals surface area contributed by atoms with E-state index >= 15 is 0 Å². The largest absolute Gasteiger partial charge is 0.467 e. The summed E-state index contributed by atoms with van der Waals surface area (Å²) in [5.41, 5.74) is 2.62. The second-order valence-electron chi connectivity index (χ2n) is 6.05. The van der Waals surface area contributed by atoms with Crippen LogP contribution in [0.25, 0.3) is 0 Å². The summed E-state index contributed by atoms with van der Waals surface area (Å²) >= 11 is 0. The van der Waals surface area contributed by atoms with Gasteiger partial charge in [-0.3, -0.25) is 9.78 Å². The van der Waals surface area contributed by atoms with Crippen molar-refractivity contribution >= 4 is 11.6 Å². The van der Waals surface area contributed by atoms with Gasteiger partial charge in [-0.15, -0.1) is 0 Å². The summed E-state index contributed by atoms with van der Waals surface area (Å²) < 4.78 is 5.43. The van der Waals surface area contributed by atoms with Crippen LogP contribution in [0.15, 0.2) is 71.6 Å². The summed E-state index contributed by atoms with van der Waals surface area (Å²) in [5, 5.41) is 0. The third-order valence-corrected chi connectivity index (χ3v) is 3.92. The number of furan rings is 1. The van der Waals surface area contributed by atoms with Crippen molar-refractivity contribution in [2.24, 2.45) is 0 Å². The minimum Gasteiger partial charge on any atom is -0.467 e. The fraction of sp³-hybridized carbons (Fsp3) is 0.200. The normalized spacial score (nSPS) is 10.5. The van der Waals surface area contributed by atoms with Gasteiger partial charge in [0.25, 0.3) is 5.91 Å². The lowest BCUT2D eigenvalue weighted by Crippen LogP contribution is -2.30. The van der Waals surface area contributed by atoms with Crippen LogP contribution in [-0.4, -0.2) is 29.9 Å². The topological polar surface area (TPSA) is 49.6 Å². The molecule has 0 spiro atoms. The van der Waals surface area contributed by atoms with Crippen LogP contribution >= 0.6 is 0 Å². The van der Waals surface area contributed by atoms with E-state index in [9.17, 15) is 4.79 Å². The van der Waals surface area contributed by atoms with Crippen LogP contribution in [0.1, 0.15) is 21.7 Å². The molecule has 0 N–H and O–H groups in total. The molecule has 0 aliphatic carbocycles. The number of aromatic nitrogens is 1. The maximum Gasteiger partial charge on any atom is 0.254 e. The molecule has 0 fully saturated rings. The highest BCUT2D eigenvalue weighted by Gasteiger charge is 2.18. The second-order valence-corrected chi connectivity index (χ2v) is 6.05. The zero-order valence-corrected chi connectivity index (χ0v) is 14.4. The van der Waals surface area contributed by atoms with Gasteiger partial charge in [0.2, 0.25) is 0 Å². The van der Waals surface area contributed by atoms with E-state index < -0.39 is 0 Å². The van der Waals surface area contributed by atoms with Crippen molar-refractivity contribution in [3.63, 3.8) is 0 Å². The molecule has 0 aliphatic rings. The first kappa shape index (κ1) is 16.8. The highest BCUT2D eigenvalue weighted by Crippen LogP contribution is 2.18. The van der Waals surface area contributed by atoms with Crippen molar-refractivity contribution in [3.05, 3.63) is 84.1 Å². The zero-order chi connectivity index (χ0) is 17.6. The Bertz CT molecular complexity index is 814. The summed E-state index contributed by atoms with van der Waals surface area (Å²) in [7, 11) is 3.92. The van der Waals surface area contributed by atoms with Crippen LogP contribution in [0, 0.1) is 0 Å². The first-order chi connectivity index (χ1) is 12.1. The van der Waals surface area contributed by atoms with Gasteiger partial charge in [-0.1, -0.05) is 12.1 Å². The molecule has 1 amide bonds. The van der Waals surface area contributed by atoms with Crippen LogP contribution in [0.3, 0.4) is 0 Å². The van der Waals surface area contributed by atoms with Gasteiger partial charge in [0, 0.05) is 44.3 Å². The Morgan fingerprint density at radius 1 is 1.08 bits per heavy atom. The van der Waals surface area contributed by atoms with Gasteiger partial charge in [-0.05, 0) is 42.0 Å². The van der Waals surface area contributed by atoms with Crippen LogP contribution in [0.4, 0.5) is 5.69 Å². The van der Waals surface area contributed by atoms with Crippen molar-refractivity contribution in [1.82, 2.24) is 9.88 Å². The molecule has 5 nitrogen and oxygen atoms in total. The molecular weight excluding hydrogens is 314 g/mol. The summed E-state index contributed by atoms with van der Waals surface area (Å²) in [4.78, 5) is 21.0. The Hall–Kier alpha value is -3.08. The number of pyridine rings is 1. The maximum atomic E-state index is 13.1. The predicted molar refractivity (Wildman–Crippen MR) is 97.3 cm³/mol. The number of carbonyl (C=O) groups is 1. The number of anilines is 1. The lowest BCUT2D eigenvalue weighted by atomic mass is 10.1. The molecule has 0 radical (unpaired) electrons. The van der Waals surface area contributed by atoms with Gasteiger partial charge >= 0.3 is 0 Å². The minimum atomic E-state index is -0.0380. The van der Waals surface area contributed by atoms with E-state index in [1.165, 1.54) is 0 Å². The van der Waals surface area contributed by atoms with Crippen molar-refractivity contribution < 1.29 is 9.21 Å². The molecule has 1 aromatic carbocycles. The van der Waals surface area contributed by atoms with Crippen molar-refractivity contribution in [2.75, 3.05) is 19.0 Å². The van der Waals surface area contributed by atoms with Crippen molar-refractivity contribution in [2.45, 2.75) is 13.1 Å². The minimum absolute atomic E-state index is 0.0380. The van der Waals surface area contributed by atoms with Crippen molar-refractivity contribution in [1.29, 1.82) is 0 Å². The van der Waals surface area contributed by atoms with E-state index in [1.807, 2.05) is 67.5 Å². The average Bonchev–Trinajstić information content (AvgIpc) is 3.14. The monoisotopic (exact) mass is 335 g/mol.